The maximum Gasteiger partial charge on any atom is 0.417 e. The summed E-state index contributed by atoms with van der Waals surface area (Å²) >= 11 is 4.77. The number of alkyl halides is 3. The van der Waals surface area contributed by atoms with Crippen LogP contribution in [0.3, 0.4) is 0 Å². The van der Waals surface area contributed by atoms with E-state index in [0.717, 1.165) is 17.0 Å². The van der Waals surface area contributed by atoms with Gasteiger partial charge in [-0.25, -0.2) is 0 Å². The van der Waals surface area contributed by atoms with Crippen LogP contribution in [-0.2, 0) is 11.0 Å². The molecule has 2 aromatic carbocycles. The topological polar surface area (TPSA) is 67.6 Å². The third-order valence-corrected chi connectivity index (χ3v) is 6.74. The molecule has 1 aliphatic heterocycles. The molecule has 1 N–H and O–H groups in total. The lowest BCUT2D eigenvalue weighted by molar-refractivity contribution is -0.137. The summed E-state index contributed by atoms with van der Waals surface area (Å²) < 4.78 is 44.7. The van der Waals surface area contributed by atoms with Crippen LogP contribution in [0.15, 0.2) is 36.4 Å². The molecular formula is C20H15F3IN3O2S. The first-order valence-corrected chi connectivity index (χ1v) is 11.5. The number of rotatable bonds is 3. The van der Waals surface area contributed by atoms with Crippen molar-refractivity contribution in [2.75, 3.05) is 9.80 Å². The Morgan fingerprint density at radius 1 is 1.20 bits per heavy atom. The molecule has 0 saturated carbocycles. The van der Waals surface area contributed by atoms with Gasteiger partial charge in [0.25, 0.3) is 5.91 Å². The number of nitriles is 1. The predicted molar refractivity (Wildman–Crippen MR) is 121 cm³/mol. The van der Waals surface area contributed by atoms with Crippen molar-refractivity contribution in [1.82, 2.24) is 0 Å². The van der Waals surface area contributed by atoms with Gasteiger partial charge in [-0.05, 0) is 62.5 Å². The molecule has 0 aromatic heterocycles. The van der Waals surface area contributed by atoms with E-state index in [2.05, 4.69) is 4.51 Å². The van der Waals surface area contributed by atoms with E-state index in [-0.39, 0.29) is 16.5 Å². The first-order valence-electron chi connectivity index (χ1n) is 8.45. The van der Waals surface area contributed by atoms with E-state index < -0.39 is 49.5 Å². The normalized spacial score (nSPS) is 16.1. The van der Waals surface area contributed by atoms with Gasteiger partial charge in [0, 0.05) is 5.69 Å². The third-order valence-electron chi connectivity index (χ3n) is 4.69. The van der Waals surface area contributed by atoms with Crippen LogP contribution in [0.2, 0.25) is 0 Å². The van der Waals surface area contributed by atoms with Gasteiger partial charge in [0.15, 0.2) is 5.11 Å². The van der Waals surface area contributed by atoms with Crippen LogP contribution < -0.4 is 9.80 Å². The first-order chi connectivity index (χ1) is 13.9. The second-order valence-corrected chi connectivity index (χ2v) is 9.22. The van der Waals surface area contributed by atoms with Gasteiger partial charge < -0.3 is 10.0 Å². The van der Waals surface area contributed by atoms with Crippen LogP contribution in [0.4, 0.5) is 24.5 Å². The van der Waals surface area contributed by atoms with Crippen molar-refractivity contribution >= 4 is 59.9 Å². The molecular weight excluding hydrogens is 530 g/mol. The summed E-state index contributed by atoms with van der Waals surface area (Å²) in [6.45, 7) is 3.23. The number of phenolic OH excluding ortho intramolecular Hbond substituents is 1. The summed E-state index contributed by atoms with van der Waals surface area (Å²) in [5, 5.41) is 18.9. The summed E-state index contributed by atoms with van der Waals surface area (Å²) in [6, 6.07) is 9.31. The number of carbonyl (C=O) groups excluding carboxylic acids is 1. The van der Waals surface area contributed by atoms with Crippen LogP contribution in [-0.4, -0.2) is 26.2 Å². The molecule has 0 spiro atoms. The van der Waals surface area contributed by atoms with Gasteiger partial charge in [-0.1, -0.05) is 25.2 Å². The number of hydrogen-bond acceptors (Lipinski definition) is 4. The Hall–Kier alpha value is -2.52. The molecule has 1 aliphatic rings. The number of carbonyl (C=O) groups is 1. The minimum absolute atomic E-state index is 0.00161. The zero-order chi connectivity index (χ0) is 22.4. The molecule has 10 heteroatoms. The second kappa shape index (κ2) is 7.63. The minimum atomic E-state index is -4.76. The van der Waals surface area contributed by atoms with Crippen molar-refractivity contribution in [1.29, 1.82) is 5.26 Å². The number of thiocarbonyl (C=S) groups is 1. The molecule has 3 rings (SSSR count). The van der Waals surface area contributed by atoms with E-state index >= 15 is 0 Å². The van der Waals surface area contributed by atoms with Crippen molar-refractivity contribution < 1.29 is 23.1 Å². The van der Waals surface area contributed by atoms with Crippen LogP contribution >= 0.6 is 32.9 Å². The van der Waals surface area contributed by atoms with E-state index in [9.17, 15) is 23.1 Å². The highest BCUT2D eigenvalue weighted by molar-refractivity contribution is 14.2. The number of halogens is 4. The number of benzene rings is 2. The van der Waals surface area contributed by atoms with Crippen LogP contribution in [0.1, 0.15) is 25.0 Å². The molecule has 2 aromatic rings. The average molecular weight is 545 g/mol. The fourth-order valence-electron chi connectivity index (χ4n) is 3.20. The van der Waals surface area contributed by atoms with Gasteiger partial charge in [0.2, 0.25) is 0 Å². The molecule has 30 heavy (non-hydrogen) atoms. The molecule has 1 saturated heterocycles. The van der Waals surface area contributed by atoms with E-state index in [1.165, 1.54) is 18.2 Å². The third kappa shape index (κ3) is 3.56. The fourth-order valence-corrected chi connectivity index (χ4v) is 4.83. The average Bonchev–Trinajstić information content (AvgIpc) is 2.85. The Morgan fingerprint density at radius 3 is 2.40 bits per heavy atom. The monoisotopic (exact) mass is 545 g/mol. The number of aromatic hydroxyl groups is 1. The molecule has 0 aliphatic carbocycles. The standard InChI is InChI=1S/C20H15F3IN3O2S/c1-19(2)17(29)26(12-5-4-11(10-25)14(8-12)20(21,22)23)18(30)27(19)13-6-7-16(28)15(9-13)24-3/h4-9,28H,3H2,1-2H3. The summed E-state index contributed by atoms with van der Waals surface area (Å²) in [5.74, 6) is -0.418. The van der Waals surface area contributed by atoms with Gasteiger partial charge in [0.05, 0.1) is 26.5 Å². The minimum Gasteiger partial charge on any atom is -0.507 e. The van der Waals surface area contributed by atoms with Gasteiger partial charge in [0.1, 0.15) is 11.3 Å². The molecule has 0 bridgehead atoms. The number of hydrogen-bond donors (Lipinski definition) is 1. The maximum absolute atomic E-state index is 13.4. The lowest BCUT2D eigenvalue weighted by Crippen LogP contribution is -2.44. The Bertz CT molecular complexity index is 1130. The zero-order valence-electron chi connectivity index (χ0n) is 15.8. The highest BCUT2D eigenvalue weighted by Crippen LogP contribution is 2.40. The highest BCUT2D eigenvalue weighted by Gasteiger charge is 2.50. The molecule has 156 valence electrons. The summed E-state index contributed by atoms with van der Waals surface area (Å²) in [5.41, 5.74) is -2.40. The SMILES string of the molecule is C=Ic1cc(N2C(=S)N(c3ccc(C#N)c(C(F)(F)F)c3)C(=O)C2(C)C)ccc1O. The van der Waals surface area contributed by atoms with E-state index in [0.29, 0.717) is 9.26 Å². The Labute approximate surface area is 186 Å². The Kier molecular flexibility index (Phi) is 5.64. The lowest BCUT2D eigenvalue weighted by atomic mass is 10.0. The first kappa shape index (κ1) is 22.2. The Morgan fingerprint density at radius 2 is 1.83 bits per heavy atom. The molecule has 1 heterocycles. The van der Waals surface area contributed by atoms with E-state index in [1.807, 2.05) is 0 Å². The van der Waals surface area contributed by atoms with E-state index in [4.69, 9.17) is 17.5 Å². The molecule has 5 nitrogen and oxygen atoms in total. The fraction of sp³-hybridized carbons (Fsp3) is 0.200. The summed E-state index contributed by atoms with van der Waals surface area (Å²) in [4.78, 5) is 15.7. The maximum atomic E-state index is 13.4. The van der Waals surface area contributed by atoms with Crippen molar-refractivity contribution in [3.8, 4) is 11.8 Å². The van der Waals surface area contributed by atoms with Gasteiger partial charge in [-0.2, -0.15) is 18.4 Å². The van der Waals surface area contributed by atoms with Gasteiger partial charge >= 0.3 is 6.18 Å². The molecule has 0 unspecified atom stereocenters. The molecule has 0 radical (unpaired) electrons. The van der Waals surface area contributed by atoms with Crippen molar-refractivity contribution in [3.63, 3.8) is 0 Å². The number of amides is 1. The molecule has 0 atom stereocenters. The lowest BCUT2D eigenvalue weighted by Gasteiger charge is -2.29. The van der Waals surface area contributed by atoms with Gasteiger partial charge in [-0.15, -0.1) is 0 Å². The van der Waals surface area contributed by atoms with Gasteiger partial charge in [-0.3, -0.25) is 9.69 Å². The van der Waals surface area contributed by atoms with E-state index in [1.54, 1.807) is 30.9 Å². The Balaban J connectivity index is 2.14. The smallest absolute Gasteiger partial charge is 0.417 e. The van der Waals surface area contributed by atoms with Crippen LogP contribution in [0.25, 0.3) is 0 Å². The second-order valence-electron chi connectivity index (χ2n) is 6.93. The largest absolute Gasteiger partial charge is 0.507 e. The highest BCUT2D eigenvalue weighted by atomic mass is 127. The van der Waals surface area contributed by atoms with Crippen molar-refractivity contribution in [2.45, 2.75) is 25.6 Å². The summed E-state index contributed by atoms with van der Waals surface area (Å²) in [6.07, 6.45) is -4.76. The zero-order valence-corrected chi connectivity index (χ0v) is 18.8. The van der Waals surface area contributed by atoms with Crippen LogP contribution in [0.5, 0.6) is 5.75 Å². The van der Waals surface area contributed by atoms with Crippen molar-refractivity contribution in [3.05, 3.63) is 51.1 Å². The predicted octanol–water partition coefficient (Wildman–Crippen LogP) is 4.77. The molecule has 1 fully saturated rings. The number of phenols is 1. The molecule has 1 amide bonds. The van der Waals surface area contributed by atoms with Crippen LogP contribution in [0, 0.1) is 14.9 Å². The summed E-state index contributed by atoms with van der Waals surface area (Å²) in [7, 11) is 0. The quantitative estimate of drug-likeness (QED) is 0.445. The number of nitrogens with zero attached hydrogens (tertiary/aromatic N) is 3. The van der Waals surface area contributed by atoms with Crippen molar-refractivity contribution in [2.24, 2.45) is 0 Å². The number of anilines is 2.